The van der Waals surface area contributed by atoms with Crippen molar-refractivity contribution in [3.63, 3.8) is 0 Å². The molecular weight excluding hydrogens is 352 g/mol. The molecule has 0 spiro atoms. The first kappa shape index (κ1) is 17.6. The SMILES string of the molecule is COc1ccccc1NC(=O)Nc1cnn(Cc2cccc3ccccc23)c1. The highest BCUT2D eigenvalue weighted by molar-refractivity contribution is 6.00. The van der Waals surface area contributed by atoms with E-state index in [4.69, 9.17) is 4.74 Å². The summed E-state index contributed by atoms with van der Waals surface area (Å²) in [6, 6.07) is 21.4. The fraction of sp³-hybridized carbons (Fsp3) is 0.0909. The molecule has 1 heterocycles. The van der Waals surface area contributed by atoms with Crippen LogP contribution < -0.4 is 15.4 Å². The van der Waals surface area contributed by atoms with Gasteiger partial charge in [-0.25, -0.2) is 4.79 Å². The molecule has 2 N–H and O–H groups in total. The number of methoxy groups -OCH3 is 1. The molecule has 1 aromatic heterocycles. The number of benzene rings is 3. The summed E-state index contributed by atoms with van der Waals surface area (Å²) in [7, 11) is 1.57. The van der Waals surface area contributed by atoms with Gasteiger partial charge in [-0.3, -0.25) is 4.68 Å². The van der Waals surface area contributed by atoms with E-state index < -0.39 is 0 Å². The summed E-state index contributed by atoms with van der Waals surface area (Å²) in [5.74, 6) is 0.601. The second-order valence-corrected chi connectivity index (χ2v) is 6.34. The van der Waals surface area contributed by atoms with Crippen LogP contribution in [-0.4, -0.2) is 22.9 Å². The van der Waals surface area contributed by atoms with E-state index in [1.165, 1.54) is 16.3 Å². The quantitative estimate of drug-likeness (QED) is 0.532. The number of amides is 2. The van der Waals surface area contributed by atoms with Crippen molar-refractivity contribution in [3.05, 3.63) is 84.7 Å². The van der Waals surface area contributed by atoms with Crippen LogP contribution in [0.25, 0.3) is 10.8 Å². The zero-order valence-electron chi connectivity index (χ0n) is 15.4. The zero-order valence-corrected chi connectivity index (χ0v) is 15.4. The number of urea groups is 1. The summed E-state index contributed by atoms with van der Waals surface area (Å²) >= 11 is 0. The van der Waals surface area contributed by atoms with Gasteiger partial charge in [-0.15, -0.1) is 0 Å². The Labute approximate surface area is 162 Å². The number of ether oxygens (including phenoxy) is 1. The van der Waals surface area contributed by atoms with Crippen LogP contribution in [0.1, 0.15) is 5.56 Å². The number of nitrogens with zero attached hydrogens (tertiary/aromatic N) is 2. The molecule has 0 atom stereocenters. The molecule has 0 radical (unpaired) electrons. The fourth-order valence-corrected chi connectivity index (χ4v) is 3.15. The summed E-state index contributed by atoms with van der Waals surface area (Å²) in [5, 5.41) is 12.3. The van der Waals surface area contributed by atoms with E-state index in [1.54, 1.807) is 30.1 Å². The van der Waals surface area contributed by atoms with Gasteiger partial charge in [0.2, 0.25) is 0 Å². The molecule has 0 saturated heterocycles. The number of rotatable bonds is 5. The molecule has 4 aromatic rings. The maximum atomic E-state index is 12.3. The van der Waals surface area contributed by atoms with E-state index in [0.29, 0.717) is 23.7 Å². The molecule has 0 bridgehead atoms. The van der Waals surface area contributed by atoms with Crippen molar-refractivity contribution in [1.29, 1.82) is 0 Å². The molecule has 0 aliphatic heterocycles. The first-order chi connectivity index (χ1) is 13.7. The summed E-state index contributed by atoms with van der Waals surface area (Å²) in [6.45, 7) is 0.622. The largest absolute Gasteiger partial charge is 0.495 e. The minimum Gasteiger partial charge on any atom is -0.495 e. The van der Waals surface area contributed by atoms with E-state index in [-0.39, 0.29) is 6.03 Å². The highest BCUT2D eigenvalue weighted by Crippen LogP contribution is 2.23. The third-order valence-electron chi connectivity index (χ3n) is 4.46. The Bertz CT molecular complexity index is 1110. The molecule has 0 fully saturated rings. The molecule has 3 aromatic carbocycles. The normalized spacial score (nSPS) is 10.6. The van der Waals surface area contributed by atoms with Crippen molar-refractivity contribution < 1.29 is 9.53 Å². The van der Waals surface area contributed by atoms with E-state index >= 15 is 0 Å². The van der Waals surface area contributed by atoms with Crippen LogP contribution in [0, 0.1) is 0 Å². The van der Waals surface area contributed by atoms with E-state index in [2.05, 4.69) is 40.0 Å². The Morgan fingerprint density at radius 3 is 2.68 bits per heavy atom. The minimum atomic E-state index is -0.353. The van der Waals surface area contributed by atoms with E-state index in [0.717, 1.165) is 0 Å². The van der Waals surface area contributed by atoms with Crippen LogP contribution in [0.4, 0.5) is 16.2 Å². The number of hydrogen-bond donors (Lipinski definition) is 2. The van der Waals surface area contributed by atoms with Gasteiger partial charge in [0, 0.05) is 6.20 Å². The number of hydrogen-bond acceptors (Lipinski definition) is 3. The molecule has 0 unspecified atom stereocenters. The molecule has 6 heteroatoms. The van der Waals surface area contributed by atoms with Crippen LogP contribution in [-0.2, 0) is 6.54 Å². The highest BCUT2D eigenvalue weighted by atomic mass is 16.5. The number of carbonyl (C=O) groups excluding carboxylic acids is 1. The fourth-order valence-electron chi connectivity index (χ4n) is 3.15. The molecule has 28 heavy (non-hydrogen) atoms. The van der Waals surface area contributed by atoms with Gasteiger partial charge in [-0.1, -0.05) is 54.6 Å². The average Bonchev–Trinajstić information content (AvgIpc) is 3.15. The maximum Gasteiger partial charge on any atom is 0.323 e. The second kappa shape index (κ2) is 7.84. The van der Waals surface area contributed by atoms with Gasteiger partial charge in [-0.2, -0.15) is 5.10 Å². The van der Waals surface area contributed by atoms with Gasteiger partial charge < -0.3 is 15.4 Å². The van der Waals surface area contributed by atoms with Crippen molar-refractivity contribution in [3.8, 4) is 5.75 Å². The molecule has 0 aliphatic rings. The van der Waals surface area contributed by atoms with Crippen LogP contribution >= 0.6 is 0 Å². The highest BCUT2D eigenvalue weighted by Gasteiger charge is 2.09. The lowest BCUT2D eigenvalue weighted by molar-refractivity contribution is 0.262. The van der Waals surface area contributed by atoms with Gasteiger partial charge in [-0.05, 0) is 28.5 Å². The smallest absolute Gasteiger partial charge is 0.323 e. The Kier molecular flexibility index (Phi) is 4.93. The summed E-state index contributed by atoms with van der Waals surface area (Å²) in [5.41, 5.74) is 2.39. The molecule has 2 amide bonds. The number of nitrogens with one attached hydrogen (secondary N) is 2. The number of aromatic nitrogens is 2. The van der Waals surface area contributed by atoms with Gasteiger partial charge in [0.05, 0.1) is 31.2 Å². The predicted molar refractivity (Wildman–Crippen MR) is 111 cm³/mol. The van der Waals surface area contributed by atoms with Crippen molar-refractivity contribution in [1.82, 2.24) is 9.78 Å². The third kappa shape index (κ3) is 3.81. The number of anilines is 2. The molecule has 4 rings (SSSR count). The average molecular weight is 372 g/mol. The van der Waals surface area contributed by atoms with Crippen LogP contribution in [0.3, 0.4) is 0 Å². The number of fused-ring (bicyclic) bond motifs is 1. The van der Waals surface area contributed by atoms with Gasteiger partial charge in [0.1, 0.15) is 5.75 Å². The van der Waals surface area contributed by atoms with Crippen molar-refractivity contribution in [2.45, 2.75) is 6.54 Å². The predicted octanol–water partition coefficient (Wildman–Crippen LogP) is 4.74. The molecular formula is C22H20N4O2. The Hall–Kier alpha value is -3.80. The first-order valence-corrected chi connectivity index (χ1v) is 8.93. The number of para-hydroxylation sites is 2. The topological polar surface area (TPSA) is 68.2 Å². The van der Waals surface area contributed by atoms with Gasteiger partial charge in [0.15, 0.2) is 0 Å². The van der Waals surface area contributed by atoms with Crippen molar-refractivity contribution in [2.75, 3.05) is 17.7 Å². The van der Waals surface area contributed by atoms with Crippen molar-refractivity contribution >= 4 is 28.2 Å². The van der Waals surface area contributed by atoms with Crippen LogP contribution in [0.5, 0.6) is 5.75 Å². The van der Waals surface area contributed by atoms with Crippen LogP contribution in [0.15, 0.2) is 79.1 Å². The lowest BCUT2D eigenvalue weighted by Gasteiger charge is -2.10. The molecule has 6 nitrogen and oxygen atoms in total. The van der Waals surface area contributed by atoms with Crippen LogP contribution in [0.2, 0.25) is 0 Å². The number of carbonyl (C=O) groups is 1. The summed E-state index contributed by atoms with van der Waals surface area (Å²) < 4.78 is 7.05. The van der Waals surface area contributed by atoms with E-state index in [1.807, 2.05) is 36.5 Å². The monoisotopic (exact) mass is 372 g/mol. The maximum absolute atomic E-state index is 12.3. The Morgan fingerprint density at radius 1 is 1.00 bits per heavy atom. The molecule has 0 saturated carbocycles. The Morgan fingerprint density at radius 2 is 1.79 bits per heavy atom. The molecule has 140 valence electrons. The lowest BCUT2D eigenvalue weighted by Crippen LogP contribution is -2.19. The lowest BCUT2D eigenvalue weighted by atomic mass is 10.0. The standard InChI is InChI=1S/C22H20N4O2/c1-28-21-12-5-4-11-20(21)25-22(27)24-18-13-23-26(15-18)14-17-9-6-8-16-7-2-3-10-19(16)17/h2-13,15H,14H2,1H3,(H2,24,25,27). The first-order valence-electron chi connectivity index (χ1n) is 8.93. The van der Waals surface area contributed by atoms with Gasteiger partial charge in [0.25, 0.3) is 0 Å². The third-order valence-corrected chi connectivity index (χ3v) is 4.46. The zero-order chi connectivity index (χ0) is 19.3. The second-order valence-electron chi connectivity index (χ2n) is 6.34. The minimum absolute atomic E-state index is 0.353. The van der Waals surface area contributed by atoms with Crippen molar-refractivity contribution in [2.24, 2.45) is 0 Å². The molecule has 0 aliphatic carbocycles. The van der Waals surface area contributed by atoms with Gasteiger partial charge >= 0.3 is 6.03 Å². The summed E-state index contributed by atoms with van der Waals surface area (Å²) in [6.07, 6.45) is 3.44. The van der Waals surface area contributed by atoms with E-state index in [9.17, 15) is 4.79 Å². The Balaban J connectivity index is 1.45. The summed E-state index contributed by atoms with van der Waals surface area (Å²) in [4.78, 5) is 12.3.